The van der Waals surface area contributed by atoms with Crippen molar-refractivity contribution in [2.75, 3.05) is 20.3 Å². The average Bonchev–Trinajstić information content (AvgIpc) is 2.92. The molecular formula is C30H56O6Sn. The van der Waals surface area contributed by atoms with Crippen molar-refractivity contribution < 1.29 is 28.5 Å². The second-order valence-corrected chi connectivity index (χ2v) is 25.5. The van der Waals surface area contributed by atoms with Crippen LogP contribution in [0.3, 0.4) is 0 Å². The van der Waals surface area contributed by atoms with Crippen molar-refractivity contribution >= 4 is 24.3 Å². The van der Waals surface area contributed by atoms with Crippen molar-refractivity contribution in [2.45, 2.75) is 146 Å². The molecule has 0 radical (unpaired) electrons. The molecule has 1 unspecified atom stereocenters. The summed E-state index contributed by atoms with van der Waals surface area (Å²) in [5.41, 5.74) is 0. The molecule has 0 bridgehead atoms. The van der Waals surface area contributed by atoms with Crippen LogP contribution in [-0.2, 0) is 28.5 Å². The predicted molar refractivity (Wildman–Crippen MR) is 153 cm³/mol. The third-order valence-corrected chi connectivity index (χ3v) is 24.2. The Balaban J connectivity index is 1.96. The molecule has 0 aromatic carbocycles. The van der Waals surface area contributed by atoms with Gasteiger partial charge in [0.2, 0.25) is 0 Å². The molecule has 0 aromatic rings. The topological polar surface area (TPSA) is 63.2 Å². The molecule has 0 N–H and O–H groups in total. The molecule has 0 amide bonds. The van der Waals surface area contributed by atoms with Gasteiger partial charge in [-0.2, -0.15) is 0 Å². The number of carbonyl (C=O) groups excluding carboxylic acids is 1. The van der Waals surface area contributed by atoms with Gasteiger partial charge in [0.15, 0.2) is 0 Å². The number of esters is 1. The van der Waals surface area contributed by atoms with Crippen LogP contribution in [0.5, 0.6) is 0 Å². The summed E-state index contributed by atoms with van der Waals surface area (Å²) >= 11 is -2.26. The zero-order valence-electron chi connectivity index (χ0n) is 24.3. The third kappa shape index (κ3) is 11.9. The van der Waals surface area contributed by atoms with Gasteiger partial charge in [0.1, 0.15) is 0 Å². The predicted octanol–water partition coefficient (Wildman–Crippen LogP) is 7.43. The summed E-state index contributed by atoms with van der Waals surface area (Å²) in [4.78, 5) is 12.8. The summed E-state index contributed by atoms with van der Waals surface area (Å²) < 4.78 is 35.7. The number of hydrogen-bond acceptors (Lipinski definition) is 6. The third-order valence-electron chi connectivity index (χ3n) is 8.25. The molecule has 2 aliphatic rings. The number of unbranched alkanes of at least 4 members (excludes halogenated alkanes) is 3. The van der Waals surface area contributed by atoms with Crippen LogP contribution in [0.25, 0.3) is 0 Å². The molecule has 2 heterocycles. The monoisotopic (exact) mass is 632 g/mol. The second kappa shape index (κ2) is 19.0. The maximum absolute atomic E-state index is 12.8. The van der Waals surface area contributed by atoms with Gasteiger partial charge in [-0.15, -0.1) is 6.58 Å². The Labute approximate surface area is 231 Å². The molecule has 37 heavy (non-hydrogen) atoms. The number of hydrogen-bond donors (Lipinski definition) is 0. The fourth-order valence-corrected chi connectivity index (χ4v) is 22.1. The van der Waals surface area contributed by atoms with E-state index in [9.17, 15) is 4.79 Å². The van der Waals surface area contributed by atoms with E-state index < -0.39 is 18.4 Å². The summed E-state index contributed by atoms with van der Waals surface area (Å²) in [6, 6.07) is 0. The molecule has 0 aliphatic carbocycles. The second-order valence-electron chi connectivity index (χ2n) is 11.2. The van der Waals surface area contributed by atoms with Crippen LogP contribution in [0.4, 0.5) is 0 Å². The van der Waals surface area contributed by atoms with Gasteiger partial charge in [0.25, 0.3) is 0 Å². The normalized spacial score (nSPS) is 25.5. The molecule has 2 aliphatic heterocycles. The Morgan fingerprint density at radius 1 is 0.946 bits per heavy atom. The van der Waals surface area contributed by atoms with Crippen molar-refractivity contribution in [1.29, 1.82) is 0 Å². The molecule has 0 aromatic heterocycles. The van der Waals surface area contributed by atoms with Crippen molar-refractivity contribution in [2.24, 2.45) is 0 Å². The first-order valence-corrected chi connectivity index (χ1v) is 23.3. The molecule has 0 saturated carbocycles. The van der Waals surface area contributed by atoms with Crippen molar-refractivity contribution in [3.63, 3.8) is 0 Å². The van der Waals surface area contributed by atoms with Gasteiger partial charge in [-0.1, -0.05) is 0 Å². The summed E-state index contributed by atoms with van der Waals surface area (Å²) in [5, 5.41) is 0. The number of rotatable bonds is 19. The average molecular weight is 631 g/mol. The first kappa shape index (κ1) is 33.1. The SMILES string of the molecule is C=C[C@@H]1OCCC[C@H]1OC(=O)C[C@H]1OCCC[C@@H]1OC(C[CH2][Sn]([CH2]CCC)([CH2]CCC)[CH2]CCC)OC. The van der Waals surface area contributed by atoms with E-state index in [0.29, 0.717) is 13.2 Å². The molecule has 6 nitrogen and oxygen atoms in total. The van der Waals surface area contributed by atoms with Gasteiger partial charge in [0.05, 0.1) is 0 Å². The van der Waals surface area contributed by atoms with Crippen LogP contribution in [0.15, 0.2) is 12.7 Å². The van der Waals surface area contributed by atoms with E-state index >= 15 is 0 Å². The van der Waals surface area contributed by atoms with E-state index in [-0.39, 0.29) is 43.1 Å². The van der Waals surface area contributed by atoms with E-state index in [0.717, 1.165) is 32.1 Å². The van der Waals surface area contributed by atoms with Gasteiger partial charge < -0.3 is 0 Å². The Hall–Kier alpha value is -0.151. The zero-order valence-corrected chi connectivity index (χ0v) is 27.2. The van der Waals surface area contributed by atoms with Crippen molar-refractivity contribution in [1.82, 2.24) is 0 Å². The van der Waals surface area contributed by atoms with Gasteiger partial charge in [-0.25, -0.2) is 0 Å². The van der Waals surface area contributed by atoms with E-state index in [1.165, 1.54) is 56.3 Å². The molecule has 216 valence electrons. The first-order valence-electron chi connectivity index (χ1n) is 15.2. The number of carbonyl (C=O) groups is 1. The Morgan fingerprint density at radius 3 is 2.11 bits per heavy atom. The summed E-state index contributed by atoms with van der Waals surface area (Å²) in [6.45, 7) is 12.1. The summed E-state index contributed by atoms with van der Waals surface area (Å²) in [5.74, 6) is -0.245. The van der Waals surface area contributed by atoms with E-state index in [1.807, 2.05) is 0 Å². The minimum atomic E-state index is -2.26. The first-order chi connectivity index (χ1) is 18.0. The fourth-order valence-electron chi connectivity index (χ4n) is 5.93. The molecular weight excluding hydrogens is 575 g/mol. The zero-order chi connectivity index (χ0) is 26.9. The molecule has 2 saturated heterocycles. The van der Waals surface area contributed by atoms with Crippen molar-refractivity contribution in [3.05, 3.63) is 12.7 Å². The minimum absolute atomic E-state index is 0.143. The van der Waals surface area contributed by atoms with E-state index in [1.54, 1.807) is 13.2 Å². The van der Waals surface area contributed by atoms with Gasteiger partial charge >= 0.3 is 219 Å². The van der Waals surface area contributed by atoms with E-state index in [2.05, 4.69) is 27.4 Å². The van der Waals surface area contributed by atoms with Crippen molar-refractivity contribution in [3.8, 4) is 0 Å². The van der Waals surface area contributed by atoms with Gasteiger partial charge in [-0.3, -0.25) is 0 Å². The molecule has 0 spiro atoms. The number of methoxy groups -OCH3 is 1. The Kier molecular flexibility index (Phi) is 17.0. The van der Waals surface area contributed by atoms with Crippen LogP contribution in [0, 0.1) is 0 Å². The van der Waals surface area contributed by atoms with Crippen LogP contribution in [0.1, 0.15) is 97.8 Å². The Morgan fingerprint density at radius 2 is 1.54 bits per heavy atom. The van der Waals surface area contributed by atoms with Gasteiger partial charge in [0, 0.05) is 6.61 Å². The molecule has 7 heteroatoms. The summed E-state index contributed by atoms with van der Waals surface area (Å²) in [7, 11) is 1.76. The molecule has 2 rings (SSSR count). The van der Waals surface area contributed by atoms with E-state index in [4.69, 9.17) is 23.7 Å². The van der Waals surface area contributed by atoms with Crippen LogP contribution < -0.4 is 0 Å². The standard InChI is InChI=1S/C18H29O6.3C4H9.Sn/c1-4-13-14(8-6-10-21-13)23-17(19)12-16-15(9-7-11-22-16)24-18(5-2)20-3;3*1-3-4-2;/h4,13-16,18H,1-2,5-12H2,3H3;3*1,3-4H2,2H3;/t13-,14+,15-,16+,18?;;;;/m0..../s1. The fraction of sp³-hybridized carbons (Fsp3) is 0.900. The Bertz CT molecular complexity index is 607. The molecule has 5 atom stereocenters. The van der Waals surface area contributed by atoms with Crippen LogP contribution in [0.2, 0.25) is 17.7 Å². The maximum atomic E-state index is 12.8. The molecule has 2 fully saturated rings. The van der Waals surface area contributed by atoms with Crippen LogP contribution >= 0.6 is 0 Å². The van der Waals surface area contributed by atoms with Gasteiger partial charge in [-0.05, 0) is 0 Å². The quantitative estimate of drug-likeness (QED) is 0.0640. The summed E-state index contributed by atoms with van der Waals surface area (Å²) in [6.07, 6.45) is 13.3. The van der Waals surface area contributed by atoms with Crippen LogP contribution in [-0.4, -0.2) is 75.4 Å². The number of ether oxygens (including phenoxy) is 5.